The zero-order chi connectivity index (χ0) is 14.5. The van der Waals surface area contributed by atoms with Crippen molar-refractivity contribution in [2.24, 2.45) is 0 Å². The van der Waals surface area contributed by atoms with E-state index < -0.39 is 0 Å². The lowest BCUT2D eigenvalue weighted by molar-refractivity contribution is -0.122. The van der Waals surface area contributed by atoms with Gasteiger partial charge in [0.1, 0.15) is 12.9 Å². The summed E-state index contributed by atoms with van der Waals surface area (Å²) < 4.78 is 1.53. The standard InChI is InChI=1S/C14H19N5O/c1-3-10(2)17-13(20)8-19-9-16-14(18-19)11-4-6-12(15)7-5-11/h4-7,9-10H,3,8,15H2,1-2H3,(H,17,20). The molecule has 0 saturated carbocycles. The van der Waals surface area contributed by atoms with Crippen LogP contribution >= 0.6 is 0 Å². The molecule has 0 saturated heterocycles. The third-order valence-electron chi connectivity index (χ3n) is 3.03. The van der Waals surface area contributed by atoms with Crippen LogP contribution in [-0.2, 0) is 11.3 Å². The fourth-order valence-corrected chi connectivity index (χ4v) is 1.70. The van der Waals surface area contributed by atoms with Crippen molar-refractivity contribution >= 4 is 11.6 Å². The third kappa shape index (κ3) is 3.57. The van der Waals surface area contributed by atoms with Crippen molar-refractivity contribution in [3.8, 4) is 11.4 Å². The van der Waals surface area contributed by atoms with Crippen molar-refractivity contribution in [2.45, 2.75) is 32.9 Å². The van der Waals surface area contributed by atoms with Crippen LogP contribution in [0, 0.1) is 0 Å². The maximum atomic E-state index is 11.8. The molecule has 0 aliphatic rings. The summed E-state index contributed by atoms with van der Waals surface area (Å²) in [5.74, 6) is 0.523. The predicted octanol–water partition coefficient (Wildman–Crippen LogP) is 1.44. The predicted molar refractivity (Wildman–Crippen MR) is 77.8 cm³/mol. The number of anilines is 1. The molecule has 2 aromatic rings. The number of benzene rings is 1. The summed E-state index contributed by atoms with van der Waals surface area (Å²) >= 11 is 0. The van der Waals surface area contributed by atoms with Crippen LogP contribution < -0.4 is 11.1 Å². The number of hydrogen-bond acceptors (Lipinski definition) is 4. The quantitative estimate of drug-likeness (QED) is 0.807. The summed E-state index contributed by atoms with van der Waals surface area (Å²) in [5.41, 5.74) is 7.21. The van der Waals surface area contributed by atoms with Gasteiger partial charge < -0.3 is 11.1 Å². The molecule has 106 valence electrons. The average Bonchev–Trinajstić information content (AvgIpc) is 2.87. The van der Waals surface area contributed by atoms with Gasteiger partial charge in [-0.2, -0.15) is 5.10 Å². The van der Waals surface area contributed by atoms with Gasteiger partial charge in [-0.15, -0.1) is 0 Å². The Kier molecular flexibility index (Phi) is 4.34. The van der Waals surface area contributed by atoms with Gasteiger partial charge in [-0.3, -0.25) is 4.79 Å². The van der Waals surface area contributed by atoms with Crippen LogP contribution in [0.1, 0.15) is 20.3 Å². The summed E-state index contributed by atoms with van der Waals surface area (Å²) in [6, 6.07) is 7.47. The Labute approximate surface area is 118 Å². The molecule has 1 aromatic heterocycles. The molecule has 1 amide bonds. The van der Waals surface area contributed by atoms with Crippen LogP contribution in [0.3, 0.4) is 0 Å². The summed E-state index contributed by atoms with van der Waals surface area (Å²) in [4.78, 5) is 16.0. The lowest BCUT2D eigenvalue weighted by Gasteiger charge is -2.10. The maximum Gasteiger partial charge on any atom is 0.242 e. The average molecular weight is 273 g/mol. The van der Waals surface area contributed by atoms with Gasteiger partial charge in [0.2, 0.25) is 5.91 Å². The van der Waals surface area contributed by atoms with E-state index in [1.165, 1.54) is 4.68 Å². The molecule has 20 heavy (non-hydrogen) atoms. The molecule has 0 radical (unpaired) electrons. The van der Waals surface area contributed by atoms with E-state index in [4.69, 9.17) is 5.73 Å². The molecule has 6 heteroatoms. The van der Waals surface area contributed by atoms with E-state index in [1.807, 2.05) is 26.0 Å². The molecule has 0 fully saturated rings. The zero-order valence-electron chi connectivity index (χ0n) is 11.7. The second-order valence-corrected chi connectivity index (χ2v) is 4.76. The lowest BCUT2D eigenvalue weighted by atomic mass is 10.2. The second-order valence-electron chi connectivity index (χ2n) is 4.76. The Bertz CT molecular complexity index is 576. The van der Waals surface area contributed by atoms with Crippen molar-refractivity contribution in [1.29, 1.82) is 0 Å². The lowest BCUT2D eigenvalue weighted by Crippen LogP contribution is -2.34. The van der Waals surface area contributed by atoms with Crippen LogP contribution in [0.4, 0.5) is 5.69 Å². The first-order valence-corrected chi connectivity index (χ1v) is 6.63. The van der Waals surface area contributed by atoms with E-state index >= 15 is 0 Å². The van der Waals surface area contributed by atoms with Crippen molar-refractivity contribution in [1.82, 2.24) is 20.1 Å². The highest BCUT2D eigenvalue weighted by atomic mass is 16.2. The minimum Gasteiger partial charge on any atom is -0.399 e. The molecule has 1 unspecified atom stereocenters. The van der Waals surface area contributed by atoms with Gasteiger partial charge in [-0.05, 0) is 37.6 Å². The highest BCUT2D eigenvalue weighted by Gasteiger charge is 2.09. The van der Waals surface area contributed by atoms with Crippen molar-refractivity contribution in [3.05, 3.63) is 30.6 Å². The van der Waals surface area contributed by atoms with Gasteiger partial charge in [-0.1, -0.05) is 6.92 Å². The smallest absolute Gasteiger partial charge is 0.242 e. The first-order chi connectivity index (χ1) is 9.58. The highest BCUT2D eigenvalue weighted by molar-refractivity contribution is 5.75. The number of carbonyl (C=O) groups is 1. The summed E-state index contributed by atoms with van der Waals surface area (Å²) in [5, 5.41) is 7.18. The van der Waals surface area contributed by atoms with Crippen LogP contribution in [0.2, 0.25) is 0 Å². The Balaban J connectivity index is 2.02. The monoisotopic (exact) mass is 273 g/mol. The number of nitrogens with one attached hydrogen (secondary N) is 1. The molecule has 0 spiro atoms. The minimum absolute atomic E-state index is 0.0619. The second kappa shape index (κ2) is 6.18. The van der Waals surface area contributed by atoms with E-state index in [2.05, 4.69) is 15.4 Å². The molecular formula is C14H19N5O. The molecule has 3 N–H and O–H groups in total. The maximum absolute atomic E-state index is 11.8. The molecule has 2 rings (SSSR count). The topological polar surface area (TPSA) is 85.8 Å². The van der Waals surface area contributed by atoms with Crippen LogP contribution in [0.25, 0.3) is 11.4 Å². The third-order valence-corrected chi connectivity index (χ3v) is 3.03. The fraction of sp³-hybridized carbons (Fsp3) is 0.357. The van der Waals surface area contributed by atoms with E-state index in [9.17, 15) is 4.79 Å². The number of aromatic nitrogens is 3. The molecule has 0 aliphatic heterocycles. The van der Waals surface area contributed by atoms with Gasteiger partial charge in [-0.25, -0.2) is 9.67 Å². The molecular weight excluding hydrogens is 254 g/mol. The van der Waals surface area contributed by atoms with Crippen LogP contribution in [0.15, 0.2) is 30.6 Å². The van der Waals surface area contributed by atoms with Gasteiger partial charge in [0, 0.05) is 17.3 Å². The van der Waals surface area contributed by atoms with Gasteiger partial charge >= 0.3 is 0 Å². The number of hydrogen-bond donors (Lipinski definition) is 2. The van der Waals surface area contributed by atoms with Crippen molar-refractivity contribution in [3.63, 3.8) is 0 Å². The molecule has 1 aromatic carbocycles. The largest absolute Gasteiger partial charge is 0.399 e. The fourth-order valence-electron chi connectivity index (χ4n) is 1.70. The molecule has 1 atom stereocenters. The van der Waals surface area contributed by atoms with E-state index in [-0.39, 0.29) is 18.5 Å². The van der Waals surface area contributed by atoms with E-state index in [0.717, 1.165) is 12.0 Å². The Morgan fingerprint density at radius 1 is 1.40 bits per heavy atom. The van der Waals surface area contributed by atoms with Gasteiger partial charge in [0.05, 0.1) is 0 Å². The summed E-state index contributed by atoms with van der Waals surface area (Å²) in [6.07, 6.45) is 2.46. The molecule has 6 nitrogen and oxygen atoms in total. The van der Waals surface area contributed by atoms with E-state index in [0.29, 0.717) is 11.5 Å². The van der Waals surface area contributed by atoms with Crippen molar-refractivity contribution in [2.75, 3.05) is 5.73 Å². The van der Waals surface area contributed by atoms with Crippen molar-refractivity contribution < 1.29 is 4.79 Å². The number of nitrogen functional groups attached to an aromatic ring is 1. The number of amides is 1. The molecule has 1 heterocycles. The first kappa shape index (κ1) is 14.0. The van der Waals surface area contributed by atoms with Crippen LogP contribution in [-0.4, -0.2) is 26.7 Å². The minimum atomic E-state index is -0.0619. The van der Waals surface area contributed by atoms with Gasteiger partial charge in [0.25, 0.3) is 0 Å². The number of rotatable bonds is 5. The van der Waals surface area contributed by atoms with Gasteiger partial charge in [0.15, 0.2) is 5.82 Å². The number of nitrogens with two attached hydrogens (primary N) is 1. The normalized spacial score (nSPS) is 12.1. The Hall–Kier alpha value is -2.37. The molecule has 0 bridgehead atoms. The van der Waals surface area contributed by atoms with Crippen LogP contribution in [0.5, 0.6) is 0 Å². The Morgan fingerprint density at radius 2 is 2.10 bits per heavy atom. The molecule has 0 aliphatic carbocycles. The summed E-state index contributed by atoms with van der Waals surface area (Å²) in [7, 11) is 0. The zero-order valence-corrected chi connectivity index (χ0v) is 11.7. The SMILES string of the molecule is CCC(C)NC(=O)Cn1cnc(-c2ccc(N)cc2)n1. The first-order valence-electron chi connectivity index (χ1n) is 6.63. The highest BCUT2D eigenvalue weighted by Crippen LogP contribution is 2.15. The Morgan fingerprint density at radius 3 is 2.75 bits per heavy atom. The summed E-state index contributed by atoms with van der Waals surface area (Å²) in [6.45, 7) is 4.17. The number of carbonyl (C=O) groups excluding carboxylic acids is 1. The van der Waals surface area contributed by atoms with E-state index in [1.54, 1.807) is 18.5 Å². The number of nitrogens with zero attached hydrogens (tertiary/aromatic N) is 3.